The summed E-state index contributed by atoms with van der Waals surface area (Å²) in [5.74, 6) is -2.06. The Bertz CT molecular complexity index is 401. The van der Waals surface area contributed by atoms with E-state index in [0.29, 0.717) is 24.3 Å². The molecule has 7 heteroatoms. The first kappa shape index (κ1) is 15.9. The van der Waals surface area contributed by atoms with Crippen LogP contribution in [0.3, 0.4) is 0 Å². The quantitative estimate of drug-likeness (QED) is 0.284. The molecule has 2 amide bonds. The van der Waals surface area contributed by atoms with Crippen LogP contribution in [0, 0.1) is 0 Å². The van der Waals surface area contributed by atoms with Crippen molar-refractivity contribution in [2.45, 2.75) is 38.5 Å². The van der Waals surface area contributed by atoms with E-state index >= 15 is 0 Å². The van der Waals surface area contributed by atoms with Gasteiger partial charge in [0.1, 0.15) is 0 Å². The lowest BCUT2D eigenvalue weighted by Gasteiger charge is -2.12. The van der Waals surface area contributed by atoms with Gasteiger partial charge >= 0.3 is 11.9 Å². The number of esters is 1. The van der Waals surface area contributed by atoms with E-state index in [1.807, 2.05) is 0 Å². The van der Waals surface area contributed by atoms with E-state index in [9.17, 15) is 19.2 Å². The Hall–Kier alpha value is -2.18. The maximum absolute atomic E-state index is 11.4. The van der Waals surface area contributed by atoms with Crippen LogP contribution in [0.5, 0.6) is 0 Å². The van der Waals surface area contributed by atoms with Crippen LogP contribution in [0.15, 0.2) is 12.7 Å². The molecular formula is C13H17NO6. The number of carbonyl (C=O) groups excluding carboxylic acids is 4. The summed E-state index contributed by atoms with van der Waals surface area (Å²) < 4.78 is 4.76. The summed E-state index contributed by atoms with van der Waals surface area (Å²) in [6.07, 6.45) is 3.17. The SMILES string of the molecule is C=CC(=O)OCCCCCC(=O)ON1C(=O)CCC1=O. The molecule has 1 aliphatic rings. The van der Waals surface area contributed by atoms with Crippen molar-refractivity contribution in [1.29, 1.82) is 0 Å². The molecule has 110 valence electrons. The second-order valence-electron chi connectivity index (χ2n) is 4.23. The van der Waals surface area contributed by atoms with E-state index < -0.39 is 23.8 Å². The first-order chi connectivity index (χ1) is 9.54. The second-order valence-corrected chi connectivity index (χ2v) is 4.23. The van der Waals surface area contributed by atoms with Crippen molar-refractivity contribution in [1.82, 2.24) is 5.06 Å². The number of hydroxylamine groups is 2. The molecule has 0 aromatic carbocycles. The third-order valence-corrected chi connectivity index (χ3v) is 2.64. The number of hydrogen-bond donors (Lipinski definition) is 0. The molecule has 1 fully saturated rings. The summed E-state index contributed by atoms with van der Waals surface area (Å²) in [5, 5.41) is 0.536. The van der Waals surface area contributed by atoms with Gasteiger partial charge in [-0.05, 0) is 19.3 Å². The molecule has 0 aromatic heterocycles. The van der Waals surface area contributed by atoms with E-state index in [2.05, 4.69) is 6.58 Å². The van der Waals surface area contributed by atoms with Crippen LogP contribution >= 0.6 is 0 Å². The first-order valence-corrected chi connectivity index (χ1v) is 6.40. The van der Waals surface area contributed by atoms with Crippen molar-refractivity contribution in [3.63, 3.8) is 0 Å². The lowest BCUT2D eigenvalue weighted by molar-refractivity contribution is -0.197. The highest BCUT2D eigenvalue weighted by Gasteiger charge is 2.32. The molecule has 1 heterocycles. The standard InChI is InChI=1S/C13H17NO6/c1-2-12(17)19-9-5-3-4-6-13(18)20-14-10(15)7-8-11(14)16/h2H,1,3-9H2. The summed E-state index contributed by atoms with van der Waals surface area (Å²) in [6.45, 7) is 3.53. The molecule has 7 nitrogen and oxygen atoms in total. The number of ether oxygens (including phenoxy) is 1. The molecule has 1 saturated heterocycles. The van der Waals surface area contributed by atoms with Gasteiger partial charge < -0.3 is 9.57 Å². The first-order valence-electron chi connectivity index (χ1n) is 6.40. The van der Waals surface area contributed by atoms with Crippen molar-refractivity contribution in [2.24, 2.45) is 0 Å². The number of carbonyl (C=O) groups is 4. The predicted octanol–water partition coefficient (Wildman–Crippen LogP) is 0.883. The Labute approximate surface area is 116 Å². The second kappa shape index (κ2) is 8.08. The Morgan fingerprint density at radius 1 is 1.15 bits per heavy atom. The van der Waals surface area contributed by atoms with Crippen LogP contribution in [0.1, 0.15) is 38.5 Å². The Morgan fingerprint density at radius 2 is 1.80 bits per heavy atom. The van der Waals surface area contributed by atoms with Crippen molar-refractivity contribution < 1.29 is 28.8 Å². The molecule has 0 bridgehead atoms. The van der Waals surface area contributed by atoms with E-state index in [1.54, 1.807) is 0 Å². The van der Waals surface area contributed by atoms with Crippen LogP contribution in [-0.2, 0) is 28.8 Å². The normalized spacial score (nSPS) is 14.3. The van der Waals surface area contributed by atoms with Gasteiger partial charge in [-0.3, -0.25) is 9.59 Å². The average molecular weight is 283 g/mol. The highest BCUT2D eigenvalue weighted by molar-refractivity contribution is 6.01. The summed E-state index contributed by atoms with van der Waals surface area (Å²) in [4.78, 5) is 49.2. The Kier molecular flexibility index (Phi) is 6.42. The van der Waals surface area contributed by atoms with E-state index in [0.717, 1.165) is 6.08 Å². The van der Waals surface area contributed by atoms with Gasteiger partial charge in [0.05, 0.1) is 6.61 Å². The Morgan fingerprint density at radius 3 is 2.40 bits per heavy atom. The van der Waals surface area contributed by atoms with Gasteiger partial charge in [-0.15, -0.1) is 5.06 Å². The van der Waals surface area contributed by atoms with Gasteiger partial charge in [0.2, 0.25) is 0 Å². The van der Waals surface area contributed by atoms with Gasteiger partial charge in [0, 0.05) is 25.3 Å². The van der Waals surface area contributed by atoms with Gasteiger partial charge in [-0.25, -0.2) is 9.59 Å². The fourth-order valence-corrected chi connectivity index (χ4v) is 1.59. The fraction of sp³-hybridized carbons (Fsp3) is 0.538. The third-order valence-electron chi connectivity index (χ3n) is 2.64. The van der Waals surface area contributed by atoms with Crippen molar-refractivity contribution in [3.8, 4) is 0 Å². The predicted molar refractivity (Wildman–Crippen MR) is 66.8 cm³/mol. The fourth-order valence-electron chi connectivity index (χ4n) is 1.59. The zero-order chi connectivity index (χ0) is 15.0. The molecule has 1 aliphatic heterocycles. The lowest BCUT2D eigenvalue weighted by Crippen LogP contribution is -2.31. The van der Waals surface area contributed by atoms with Crippen LogP contribution in [0.2, 0.25) is 0 Å². The van der Waals surface area contributed by atoms with Crippen LogP contribution in [0.25, 0.3) is 0 Å². The maximum atomic E-state index is 11.4. The van der Waals surface area contributed by atoms with Crippen LogP contribution in [0.4, 0.5) is 0 Å². The maximum Gasteiger partial charge on any atom is 0.333 e. The summed E-state index contributed by atoms with van der Waals surface area (Å²) in [5.41, 5.74) is 0. The van der Waals surface area contributed by atoms with Gasteiger partial charge in [0.15, 0.2) is 0 Å². The number of hydrogen-bond acceptors (Lipinski definition) is 6. The molecular weight excluding hydrogens is 266 g/mol. The highest BCUT2D eigenvalue weighted by atomic mass is 16.7. The zero-order valence-corrected chi connectivity index (χ0v) is 11.1. The molecule has 0 radical (unpaired) electrons. The van der Waals surface area contributed by atoms with Crippen LogP contribution < -0.4 is 0 Å². The van der Waals surface area contributed by atoms with E-state index in [4.69, 9.17) is 9.57 Å². The molecule has 0 saturated carbocycles. The minimum atomic E-state index is -0.614. The molecule has 0 N–H and O–H groups in total. The summed E-state index contributed by atoms with van der Waals surface area (Å²) in [6, 6.07) is 0. The van der Waals surface area contributed by atoms with Crippen molar-refractivity contribution >= 4 is 23.8 Å². The molecule has 0 atom stereocenters. The van der Waals surface area contributed by atoms with E-state index in [1.165, 1.54) is 0 Å². The van der Waals surface area contributed by atoms with Gasteiger partial charge in [0.25, 0.3) is 11.8 Å². The lowest BCUT2D eigenvalue weighted by atomic mass is 10.2. The van der Waals surface area contributed by atoms with Gasteiger partial charge in [-0.2, -0.15) is 0 Å². The number of imide groups is 1. The minimum Gasteiger partial charge on any atom is -0.463 e. The smallest absolute Gasteiger partial charge is 0.333 e. The monoisotopic (exact) mass is 283 g/mol. The topological polar surface area (TPSA) is 90.0 Å². The average Bonchev–Trinajstić information content (AvgIpc) is 2.74. The highest BCUT2D eigenvalue weighted by Crippen LogP contribution is 2.13. The number of amides is 2. The zero-order valence-electron chi connectivity index (χ0n) is 11.1. The summed E-state index contributed by atoms with van der Waals surface area (Å²) in [7, 11) is 0. The molecule has 0 aromatic rings. The van der Waals surface area contributed by atoms with Crippen LogP contribution in [-0.4, -0.2) is 35.4 Å². The summed E-state index contributed by atoms with van der Waals surface area (Å²) >= 11 is 0. The molecule has 0 aliphatic carbocycles. The Balaban J connectivity index is 2.08. The molecule has 0 unspecified atom stereocenters. The largest absolute Gasteiger partial charge is 0.463 e. The molecule has 1 rings (SSSR count). The van der Waals surface area contributed by atoms with E-state index in [-0.39, 0.29) is 25.9 Å². The van der Waals surface area contributed by atoms with Gasteiger partial charge in [-0.1, -0.05) is 6.58 Å². The molecule has 0 spiro atoms. The molecule has 20 heavy (non-hydrogen) atoms. The minimum absolute atomic E-state index is 0.0841. The number of unbranched alkanes of at least 4 members (excludes halogenated alkanes) is 2. The number of rotatable bonds is 8. The number of nitrogens with zero attached hydrogens (tertiary/aromatic N) is 1. The third kappa shape index (κ3) is 5.21. The van der Waals surface area contributed by atoms with Crippen molar-refractivity contribution in [3.05, 3.63) is 12.7 Å². The van der Waals surface area contributed by atoms with Crippen molar-refractivity contribution in [2.75, 3.05) is 6.61 Å².